The minimum Gasteiger partial charge on any atom is -0.458 e. The van der Waals surface area contributed by atoms with Gasteiger partial charge in [-0.25, -0.2) is 9.59 Å². The smallest absolute Gasteiger partial charge is 0.408 e. The lowest BCUT2D eigenvalue weighted by atomic mass is 9.96. The second kappa shape index (κ2) is 18.0. The van der Waals surface area contributed by atoms with Crippen molar-refractivity contribution in [3.05, 3.63) is 71.3 Å². The monoisotopic (exact) mass is 667 g/mol. The largest absolute Gasteiger partial charge is 0.458 e. The number of aliphatic hydroxyl groups excluding tert-OH is 1. The average molecular weight is 668 g/mol. The second-order valence-corrected chi connectivity index (χ2v) is 14.7. The lowest BCUT2D eigenvalue weighted by Crippen LogP contribution is -2.58. The highest BCUT2D eigenvalue weighted by Crippen LogP contribution is 2.28. The first kappa shape index (κ1) is 40.3. The Kier molecular flexibility index (Phi) is 15.1. The zero-order chi connectivity index (χ0) is 36.2. The Morgan fingerprint density at radius 3 is 1.85 bits per heavy atom. The molecule has 0 aliphatic rings. The Labute approximate surface area is 287 Å². The van der Waals surface area contributed by atoms with E-state index in [4.69, 9.17) is 9.47 Å². The Morgan fingerprint density at radius 1 is 0.771 bits per heavy atom. The number of aryl methyl sites for hydroxylation is 1. The van der Waals surface area contributed by atoms with Gasteiger partial charge in [-0.3, -0.25) is 9.59 Å². The van der Waals surface area contributed by atoms with Crippen molar-refractivity contribution >= 4 is 23.9 Å². The minimum absolute atomic E-state index is 0.166. The summed E-state index contributed by atoms with van der Waals surface area (Å²) >= 11 is 0. The third kappa shape index (κ3) is 13.3. The van der Waals surface area contributed by atoms with Gasteiger partial charge in [0.15, 0.2) is 0 Å². The van der Waals surface area contributed by atoms with Crippen molar-refractivity contribution in [2.24, 2.45) is 5.92 Å². The zero-order valence-corrected chi connectivity index (χ0v) is 30.5. The Hall–Kier alpha value is -3.92. The van der Waals surface area contributed by atoms with E-state index in [-0.39, 0.29) is 6.42 Å². The maximum Gasteiger partial charge on any atom is 0.408 e. The number of alkyl carbamates (subject to hydrolysis) is 1. The number of esters is 1. The van der Waals surface area contributed by atoms with Gasteiger partial charge in [0.25, 0.3) is 0 Å². The summed E-state index contributed by atoms with van der Waals surface area (Å²) in [4.78, 5) is 56.7. The number of benzene rings is 2. The zero-order valence-electron chi connectivity index (χ0n) is 30.5. The number of nitrogens with one attached hydrogen (secondary N) is 2. The van der Waals surface area contributed by atoms with Crippen molar-refractivity contribution in [2.75, 3.05) is 6.61 Å². The molecule has 0 aliphatic heterocycles. The van der Waals surface area contributed by atoms with E-state index >= 15 is 0 Å². The number of aliphatic hydroxyl groups is 1. The van der Waals surface area contributed by atoms with E-state index < -0.39 is 65.9 Å². The summed E-state index contributed by atoms with van der Waals surface area (Å²) in [7, 11) is 0. The predicted molar refractivity (Wildman–Crippen MR) is 187 cm³/mol. The molecule has 0 saturated heterocycles. The molecule has 3 amide bonds. The highest BCUT2D eigenvalue weighted by Gasteiger charge is 2.40. The summed E-state index contributed by atoms with van der Waals surface area (Å²) in [6, 6.07) is 12.5. The van der Waals surface area contributed by atoms with Gasteiger partial charge in [-0.15, -0.1) is 0 Å². The fraction of sp³-hybridized carbons (Fsp3) is 0.579. The molecular weight excluding hydrogens is 610 g/mol. The van der Waals surface area contributed by atoms with Crippen molar-refractivity contribution in [3.63, 3.8) is 0 Å². The number of carbonyl (C=O) groups excluding carboxylic acids is 4. The van der Waals surface area contributed by atoms with Crippen LogP contribution in [-0.2, 0) is 36.7 Å². The molecule has 0 heterocycles. The Morgan fingerprint density at radius 2 is 1.35 bits per heavy atom. The molecule has 266 valence electrons. The maximum atomic E-state index is 14.6. The number of hydrogen-bond acceptors (Lipinski definition) is 7. The normalized spacial score (nSPS) is 14.3. The predicted octanol–water partition coefficient (Wildman–Crippen LogP) is 5.90. The summed E-state index contributed by atoms with van der Waals surface area (Å²) in [5.74, 6) is -1.54. The highest BCUT2D eigenvalue weighted by atomic mass is 16.6. The van der Waals surface area contributed by atoms with Crippen LogP contribution in [0, 0.1) is 5.92 Å². The van der Waals surface area contributed by atoms with Crippen LogP contribution in [0.15, 0.2) is 54.6 Å². The molecule has 4 atom stereocenters. The maximum absolute atomic E-state index is 14.6. The summed E-state index contributed by atoms with van der Waals surface area (Å²) < 4.78 is 11.1. The van der Waals surface area contributed by atoms with Crippen LogP contribution < -0.4 is 10.6 Å². The molecule has 0 aromatic heterocycles. The number of ether oxygens (including phenoxy) is 2. The van der Waals surface area contributed by atoms with Gasteiger partial charge in [0.2, 0.25) is 11.8 Å². The molecule has 3 N–H and O–H groups in total. The number of nitrogens with zero attached hydrogens (tertiary/aromatic N) is 1. The van der Waals surface area contributed by atoms with Gasteiger partial charge >= 0.3 is 12.1 Å². The van der Waals surface area contributed by atoms with Crippen LogP contribution >= 0.6 is 0 Å². The van der Waals surface area contributed by atoms with Gasteiger partial charge in [0, 0.05) is 12.5 Å². The van der Waals surface area contributed by atoms with E-state index in [0.717, 1.165) is 24.0 Å². The molecule has 0 spiro atoms. The van der Waals surface area contributed by atoms with E-state index in [2.05, 4.69) is 24.5 Å². The fourth-order valence-corrected chi connectivity index (χ4v) is 5.17. The van der Waals surface area contributed by atoms with E-state index in [9.17, 15) is 24.3 Å². The molecule has 48 heavy (non-hydrogen) atoms. The fourth-order valence-electron chi connectivity index (χ4n) is 5.17. The van der Waals surface area contributed by atoms with E-state index in [1.165, 1.54) is 4.90 Å². The standard InChI is InChI=1S/C38H57N3O7/c1-11-27-19-21-29(22-20-27)32(33(43)39-30(35(45)47-37(5,6)7)23-28-15-13-12-14-16-28)41(26(4)18-17-25(2)3)34(44)31(24-42)40-36(46)48-38(8,9)10/h12-16,19-22,25-26,30-32,42H,11,17-18,23-24H2,1-10H3,(H,39,43)(H,40,46). The van der Waals surface area contributed by atoms with Gasteiger partial charge in [-0.1, -0.05) is 75.4 Å². The quantitative estimate of drug-likeness (QED) is 0.202. The van der Waals surface area contributed by atoms with Crippen molar-refractivity contribution < 1.29 is 33.8 Å². The Bertz CT molecular complexity index is 1330. The number of rotatable bonds is 15. The van der Waals surface area contributed by atoms with Crippen LogP contribution in [0.4, 0.5) is 4.79 Å². The molecule has 0 aliphatic carbocycles. The number of hydrogen-bond donors (Lipinski definition) is 3. The van der Waals surface area contributed by atoms with Crippen molar-refractivity contribution in [1.29, 1.82) is 0 Å². The van der Waals surface area contributed by atoms with Crippen LogP contribution in [0.25, 0.3) is 0 Å². The molecule has 0 bridgehead atoms. The highest BCUT2D eigenvalue weighted by molar-refractivity contribution is 5.94. The van der Waals surface area contributed by atoms with E-state index in [1.54, 1.807) is 53.7 Å². The molecular formula is C38H57N3O7. The topological polar surface area (TPSA) is 134 Å². The molecule has 4 unspecified atom stereocenters. The van der Waals surface area contributed by atoms with E-state index in [1.807, 2.05) is 56.3 Å². The lowest BCUT2D eigenvalue weighted by molar-refractivity contribution is -0.159. The lowest BCUT2D eigenvalue weighted by Gasteiger charge is -2.39. The molecule has 10 heteroatoms. The van der Waals surface area contributed by atoms with Gasteiger partial charge in [-0.2, -0.15) is 0 Å². The van der Waals surface area contributed by atoms with Crippen molar-refractivity contribution in [3.8, 4) is 0 Å². The number of carbonyl (C=O) groups is 4. The number of amides is 3. The summed E-state index contributed by atoms with van der Waals surface area (Å²) in [5, 5.41) is 15.8. The van der Waals surface area contributed by atoms with Crippen LogP contribution in [0.3, 0.4) is 0 Å². The molecule has 2 aromatic rings. The molecule has 2 aromatic carbocycles. The van der Waals surface area contributed by atoms with Gasteiger partial charge < -0.3 is 30.1 Å². The molecule has 0 saturated carbocycles. The first-order valence-corrected chi connectivity index (χ1v) is 16.9. The average Bonchev–Trinajstić information content (AvgIpc) is 2.99. The molecule has 0 fully saturated rings. The van der Waals surface area contributed by atoms with Crippen LogP contribution in [0.1, 0.15) is 105 Å². The second-order valence-electron chi connectivity index (χ2n) is 14.7. The van der Waals surface area contributed by atoms with Crippen molar-refractivity contribution in [2.45, 2.75) is 130 Å². The summed E-state index contributed by atoms with van der Waals surface area (Å²) in [6.45, 7) is 17.6. The first-order chi connectivity index (χ1) is 22.3. The molecule has 2 rings (SSSR count). The third-order valence-electron chi connectivity index (χ3n) is 7.58. The van der Waals surface area contributed by atoms with Gasteiger partial charge in [0.1, 0.15) is 29.3 Å². The Balaban J connectivity index is 2.67. The molecule has 10 nitrogen and oxygen atoms in total. The summed E-state index contributed by atoms with van der Waals surface area (Å²) in [5.41, 5.74) is 0.736. The van der Waals surface area contributed by atoms with E-state index in [0.29, 0.717) is 17.9 Å². The van der Waals surface area contributed by atoms with Crippen LogP contribution in [0.5, 0.6) is 0 Å². The van der Waals surface area contributed by atoms with Crippen LogP contribution in [-0.4, -0.2) is 69.8 Å². The van der Waals surface area contributed by atoms with Crippen molar-refractivity contribution in [1.82, 2.24) is 15.5 Å². The van der Waals surface area contributed by atoms with Gasteiger partial charge in [-0.05, 0) is 90.3 Å². The summed E-state index contributed by atoms with van der Waals surface area (Å²) in [6.07, 6.45) is 1.37. The van der Waals surface area contributed by atoms with Crippen LogP contribution in [0.2, 0.25) is 0 Å². The third-order valence-corrected chi connectivity index (χ3v) is 7.58. The SMILES string of the molecule is CCc1ccc(C(C(=O)NC(Cc2ccccc2)C(=O)OC(C)(C)C)N(C(=O)C(CO)NC(=O)OC(C)(C)C)C(C)CCC(C)C)cc1. The van der Waals surface area contributed by atoms with Gasteiger partial charge in [0.05, 0.1) is 6.61 Å². The minimum atomic E-state index is -1.39. The first-order valence-electron chi connectivity index (χ1n) is 16.9. The molecule has 0 radical (unpaired) electrons.